The number of aryl methyl sites for hydroxylation is 1. The van der Waals surface area contributed by atoms with Gasteiger partial charge in [0.2, 0.25) is 0 Å². The minimum absolute atomic E-state index is 0.340. The molecule has 0 aliphatic heterocycles. The molecule has 0 aliphatic carbocycles. The van der Waals surface area contributed by atoms with Gasteiger partial charge in [0.1, 0.15) is 18.2 Å². The lowest BCUT2D eigenvalue weighted by molar-refractivity contribution is -0.140. The molecular weight excluding hydrogens is 232 g/mol. The Morgan fingerprint density at radius 2 is 2.28 bits per heavy atom. The topological polar surface area (TPSA) is 80.0 Å². The van der Waals surface area contributed by atoms with Gasteiger partial charge in [-0.2, -0.15) is 5.10 Å². The smallest absolute Gasteiger partial charge is 0.320 e. The third-order valence-corrected chi connectivity index (χ3v) is 2.64. The number of aromatic nitrogens is 3. The first-order valence-electron chi connectivity index (χ1n) is 6.37. The van der Waals surface area contributed by atoms with E-state index in [4.69, 9.17) is 5.11 Å². The maximum Gasteiger partial charge on any atom is 0.320 e. The van der Waals surface area contributed by atoms with Crippen LogP contribution >= 0.6 is 0 Å². The molecule has 1 rings (SSSR count). The third kappa shape index (κ3) is 4.44. The summed E-state index contributed by atoms with van der Waals surface area (Å²) in [6.45, 7) is 7.33. The van der Waals surface area contributed by atoms with E-state index in [1.807, 2.05) is 13.8 Å². The summed E-state index contributed by atoms with van der Waals surface area (Å²) < 4.78 is 1.81. The van der Waals surface area contributed by atoms with Gasteiger partial charge in [0, 0.05) is 6.54 Å². The number of carboxylic acids is 1. The van der Waals surface area contributed by atoms with Gasteiger partial charge in [-0.15, -0.1) is 0 Å². The van der Waals surface area contributed by atoms with E-state index in [0.29, 0.717) is 18.9 Å². The number of carbonyl (C=O) groups is 1. The maximum absolute atomic E-state index is 11.1. The van der Waals surface area contributed by atoms with Crippen molar-refractivity contribution in [3.63, 3.8) is 0 Å². The number of nitrogens with zero attached hydrogens (tertiary/aromatic N) is 3. The maximum atomic E-state index is 11.1. The van der Waals surface area contributed by atoms with E-state index in [1.165, 1.54) is 6.33 Å². The molecule has 102 valence electrons. The molecule has 0 fully saturated rings. The highest BCUT2D eigenvalue weighted by Gasteiger charge is 2.18. The van der Waals surface area contributed by atoms with Gasteiger partial charge in [0.15, 0.2) is 0 Å². The Balaban J connectivity index is 2.55. The van der Waals surface area contributed by atoms with E-state index in [2.05, 4.69) is 22.3 Å². The van der Waals surface area contributed by atoms with E-state index in [0.717, 1.165) is 18.8 Å². The highest BCUT2D eigenvalue weighted by molar-refractivity contribution is 5.73. The number of hydrogen-bond donors (Lipinski definition) is 2. The minimum Gasteiger partial charge on any atom is -0.480 e. The van der Waals surface area contributed by atoms with Crippen molar-refractivity contribution >= 4 is 5.97 Å². The lowest BCUT2D eigenvalue weighted by atomic mass is 10.0. The molecule has 0 saturated heterocycles. The van der Waals surface area contributed by atoms with E-state index >= 15 is 0 Å². The van der Waals surface area contributed by atoms with Crippen molar-refractivity contribution in [2.24, 2.45) is 5.92 Å². The normalized spacial score (nSPS) is 12.9. The second-order valence-electron chi connectivity index (χ2n) is 4.80. The summed E-state index contributed by atoms with van der Waals surface area (Å²) >= 11 is 0. The van der Waals surface area contributed by atoms with Crippen LogP contribution in [0.5, 0.6) is 0 Å². The standard InChI is InChI=1S/C12H22N4O2/c1-4-5-16-11(14-8-15-16)7-13-10(12(17)18)6-9(2)3/h8-10,13H,4-7H2,1-3H3,(H,17,18). The molecule has 0 saturated carbocycles. The number of carboxylic acid groups (broad SMARTS) is 1. The highest BCUT2D eigenvalue weighted by Crippen LogP contribution is 2.06. The van der Waals surface area contributed by atoms with Crippen LogP contribution in [0.1, 0.15) is 39.4 Å². The van der Waals surface area contributed by atoms with Crippen LogP contribution in [0.4, 0.5) is 0 Å². The summed E-state index contributed by atoms with van der Waals surface area (Å²) in [5, 5.41) is 16.3. The van der Waals surface area contributed by atoms with Crippen molar-refractivity contribution in [3.05, 3.63) is 12.2 Å². The first-order chi connectivity index (χ1) is 8.54. The first kappa shape index (κ1) is 14.6. The summed E-state index contributed by atoms with van der Waals surface area (Å²) in [4.78, 5) is 15.2. The molecule has 18 heavy (non-hydrogen) atoms. The fourth-order valence-corrected chi connectivity index (χ4v) is 1.78. The zero-order valence-corrected chi connectivity index (χ0v) is 11.3. The summed E-state index contributed by atoms with van der Waals surface area (Å²) in [6.07, 6.45) is 3.09. The van der Waals surface area contributed by atoms with Gasteiger partial charge in [-0.05, 0) is 18.8 Å². The fraction of sp³-hybridized carbons (Fsp3) is 0.750. The molecule has 0 aliphatic rings. The number of nitrogens with one attached hydrogen (secondary N) is 1. The van der Waals surface area contributed by atoms with Crippen molar-refractivity contribution < 1.29 is 9.90 Å². The Morgan fingerprint density at radius 3 is 2.83 bits per heavy atom. The van der Waals surface area contributed by atoms with Crippen molar-refractivity contribution in [2.75, 3.05) is 0 Å². The van der Waals surface area contributed by atoms with Crippen LogP contribution in [0.3, 0.4) is 0 Å². The summed E-state index contributed by atoms with van der Waals surface area (Å²) in [5.41, 5.74) is 0. The van der Waals surface area contributed by atoms with E-state index < -0.39 is 12.0 Å². The molecule has 0 radical (unpaired) electrons. The number of hydrogen-bond acceptors (Lipinski definition) is 4. The van der Waals surface area contributed by atoms with E-state index in [1.54, 1.807) is 4.68 Å². The summed E-state index contributed by atoms with van der Waals surface area (Å²) in [7, 11) is 0. The molecule has 0 amide bonds. The molecule has 1 aromatic rings. The molecule has 6 nitrogen and oxygen atoms in total. The van der Waals surface area contributed by atoms with E-state index in [9.17, 15) is 4.79 Å². The molecule has 1 aromatic heterocycles. The van der Waals surface area contributed by atoms with Crippen LogP contribution in [0.15, 0.2) is 6.33 Å². The van der Waals surface area contributed by atoms with Crippen LogP contribution in [0.2, 0.25) is 0 Å². The Labute approximate surface area is 107 Å². The molecule has 1 heterocycles. The SMILES string of the molecule is CCCn1ncnc1CNC(CC(C)C)C(=O)O. The number of aliphatic carboxylic acids is 1. The van der Waals surface area contributed by atoms with E-state index in [-0.39, 0.29) is 0 Å². The Bertz CT molecular complexity index is 376. The lowest BCUT2D eigenvalue weighted by Gasteiger charge is -2.16. The van der Waals surface area contributed by atoms with Gasteiger partial charge in [-0.25, -0.2) is 9.67 Å². The van der Waals surface area contributed by atoms with Gasteiger partial charge < -0.3 is 5.11 Å². The zero-order chi connectivity index (χ0) is 13.5. The monoisotopic (exact) mass is 254 g/mol. The highest BCUT2D eigenvalue weighted by atomic mass is 16.4. The molecule has 1 atom stereocenters. The minimum atomic E-state index is -0.815. The largest absolute Gasteiger partial charge is 0.480 e. The summed E-state index contributed by atoms with van der Waals surface area (Å²) in [5.74, 6) is 0.309. The van der Waals surface area contributed by atoms with Crippen molar-refractivity contribution in [2.45, 2.75) is 52.7 Å². The van der Waals surface area contributed by atoms with Crippen LogP contribution in [0.25, 0.3) is 0 Å². The Kier molecular flexibility index (Phi) is 5.77. The van der Waals surface area contributed by atoms with Crippen LogP contribution < -0.4 is 5.32 Å². The molecule has 6 heteroatoms. The zero-order valence-electron chi connectivity index (χ0n) is 11.3. The summed E-state index contributed by atoms with van der Waals surface area (Å²) in [6, 6.07) is -0.531. The van der Waals surface area contributed by atoms with Gasteiger partial charge in [0.25, 0.3) is 0 Å². The predicted molar refractivity (Wildman–Crippen MR) is 68.0 cm³/mol. The van der Waals surface area contributed by atoms with Crippen molar-refractivity contribution in [1.29, 1.82) is 0 Å². The Morgan fingerprint density at radius 1 is 1.56 bits per heavy atom. The van der Waals surface area contributed by atoms with Gasteiger partial charge >= 0.3 is 5.97 Å². The van der Waals surface area contributed by atoms with Gasteiger partial charge in [0.05, 0.1) is 6.54 Å². The molecule has 2 N–H and O–H groups in total. The van der Waals surface area contributed by atoms with Crippen molar-refractivity contribution in [1.82, 2.24) is 20.1 Å². The average molecular weight is 254 g/mol. The van der Waals surface area contributed by atoms with Crippen LogP contribution in [-0.4, -0.2) is 31.9 Å². The first-order valence-corrected chi connectivity index (χ1v) is 6.37. The van der Waals surface area contributed by atoms with Crippen molar-refractivity contribution in [3.8, 4) is 0 Å². The fourth-order valence-electron chi connectivity index (χ4n) is 1.78. The molecule has 0 bridgehead atoms. The molecule has 1 unspecified atom stereocenters. The lowest BCUT2D eigenvalue weighted by Crippen LogP contribution is -2.38. The second kappa shape index (κ2) is 7.10. The van der Waals surface area contributed by atoms with Gasteiger partial charge in [-0.1, -0.05) is 20.8 Å². The van der Waals surface area contributed by atoms with Gasteiger partial charge in [-0.3, -0.25) is 10.1 Å². The third-order valence-electron chi connectivity index (χ3n) is 2.64. The molecule has 0 aromatic carbocycles. The Hall–Kier alpha value is -1.43. The predicted octanol–water partition coefficient (Wildman–Crippen LogP) is 1.28. The average Bonchev–Trinajstić information content (AvgIpc) is 2.71. The number of rotatable bonds is 8. The molecule has 0 spiro atoms. The second-order valence-corrected chi connectivity index (χ2v) is 4.80. The molecular formula is C12H22N4O2. The van der Waals surface area contributed by atoms with Crippen LogP contribution in [0, 0.1) is 5.92 Å². The quantitative estimate of drug-likeness (QED) is 0.730. The van der Waals surface area contributed by atoms with Crippen LogP contribution in [-0.2, 0) is 17.9 Å².